The standard InChI is InChI=1S/C11H13BrO2/c1-7(13)10-6-8(12)2-5-11(10)14-9-3-4-9/h2,5-7,9,13H,3-4H2,1H3. The van der Waals surface area contributed by atoms with Gasteiger partial charge < -0.3 is 9.84 Å². The van der Waals surface area contributed by atoms with Gasteiger partial charge in [0.2, 0.25) is 0 Å². The Hall–Kier alpha value is -0.540. The zero-order valence-corrected chi connectivity index (χ0v) is 9.62. The monoisotopic (exact) mass is 256 g/mol. The van der Waals surface area contributed by atoms with E-state index in [1.165, 1.54) is 0 Å². The van der Waals surface area contributed by atoms with Gasteiger partial charge in [-0.3, -0.25) is 0 Å². The van der Waals surface area contributed by atoms with Crippen molar-refractivity contribution in [2.24, 2.45) is 0 Å². The van der Waals surface area contributed by atoms with E-state index in [1.807, 2.05) is 18.2 Å². The molecule has 0 heterocycles. The summed E-state index contributed by atoms with van der Waals surface area (Å²) in [5.41, 5.74) is 0.853. The third kappa shape index (κ3) is 2.28. The molecule has 0 aromatic heterocycles. The zero-order valence-electron chi connectivity index (χ0n) is 8.03. The molecule has 0 bridgehead atoms. The van der Waals surface area contributed by atoms with Crippen LogP contribution in [0.2, 0.25) is 0 Å². The second kappa shape index (κ2) is 3.91. The van der Waals surface area contributed by atoms with Crippen LogP contribution in [0.1, 0.15) is 31.4 Å². The average molecular weight is 257 g/mol. The van der Waals surface area contributed by atoms with E-state index in [9.17, 15) is 5.11 Å². The normalized spacial score (nSPS) is 17.9. The Morgan fingerprint density at radius 3 is 2.79 bits per heavy atom. The van der Waals surface area contributed by atoms with Crippen LogP contribution < -0.4 is 4.74 Å². The number of hydrogen-bond acceptors (Lipinski definition) is 2. The van der Waals surface area contributed by atoms with E-state index in [0.29, 0.717) is 6.10 Å². The first-order chi connectivity index (χ1) is 6.66. The molecule has 1 aromatic carbocycles. The van der Waals surface area contributed by atoms with Gasteiger partial charge in [0.1, 0.15) is 5.75 Å². The quantitative estimate of drug-likeness (QED) is 0.901. The molecule has 76 valence electrons. The maximum absolute atomic E-state index is 9.56. The summed E-state index contributed by atoms with van der Waals surface area (Å²) in [5.74, 6) is 0.811. The Morgan fingerprint density at radius 2 is 2.21 bits per heavy atom. The van der Waals surface area contributed by atoms with Crippen molar-refractivity contribution < 1.29 is 9.84 Å². The van der Waals surface area contributed by atoms with Crippen LogP contribution in [0.15, 0.2) is 22.7 Å². The van der Waals surface area contributed by atoms with E-state index in [-0.39, 0.29) is 0 Å². The maximum Gasteiger partial charge on any atom is 0.125 e. The highest BCUT2D eigenvalue weighted by molar-refractivity contribution is 9.10. The van der Waals surface area contributed by atoms with Crippen molar-refractivity contribution in [1.29, 1.82) is 0 Å². The molecule has 1 unspecified atom stereocenters. The first kappa shape index (κ1) is 9.99. The summed E-state index contributed by atoms with van der Waals surface area (Å²) < 4.78 is 6.66. The summed E-state index contributed by atoms with van der Waals surface area (Å²) in [6, 6.07) is 5.75. The Morgan fingerprint density at radius 1 is 1.50 bits per heavy atom. The summed E-state index contributed by atoms with van der Waals surface area (Å²) in [4.78, 5) is 0. The second-order valence-electron chi connectivity index (χ2n) is 3.68. The van der Waals surface area contributed by atoms with Crippen LogP contribution >= 0.6 is 15.9 Å². The van der Waals surface area contributed by atoms with Gasteiger partial charge in [0.25, 0.3) is 0 Å². The van der Waals surface area contributed by atoms with Crippen LogP contribution in [0.5, 0.6) is 5.75 Å². The highest BCUT2D eigenvalue weighted by Crippen LogP contribution is 2.33. The molecule has 1 atom stereocenters. The fourth-order valence-electron chi connectivity index (χ4n) is 1.32. The lowest BCUT2D eigenvalue weighted by molar-refractivity contribution is 0.190. The van der Waals surface area contributed by atoms with Gasteiger partial charge >= 0.3 is 0 Å². The lowest BCUT2D eigenvalue weighted by Crippen LogP contribution is -2.01. The van der Waals surface area contributed by atoms with Gasteiger partial charge in [0, 0.05) is 10.0 Å². The van der Waals surface area contributed by atoms with Crippen LogP contribution in [0.4, 0.5) is 0 Å². The molecule has 0 amide bonds. The number of halogens is 1. The topological polar surface area (TPSA) is 29.5 Å². The van der Waals surface area contributed by atoms with Gasteiger partial charge in [-0.05, 0) is 38.0 Å². The van der Waals surface area contributed by atoms with Crippen molar-refractivity contribution in [3.8, 4) is 5.75 Å². The average Bonchev–Trinajstić information content (AvgIpc) is 2.91. The van der Waals surface area contributed by atoms with Gasteiger partial charge in [-0.15, -0.1) is 0 Å². The van der Waals surface area contributed by atoms with E-state index < -0.39 is 6.10 Å². The smallest absolute Gasteiger partial charge is 0.125 e. The minimum atomic E-state index is -0.485. The molecule has 1 aliphatic carbocycles. The van der Waals surface area contributed by atoms with E-state index in [4.69, 9.17) is 4.74 Å². The molecule has 1 aromatic rings. The summed E-state index contributed by atoms with van der Waals surface area (Å²) >= 11 is 3.38. The Labute approximate surface area is 92.0 Å². The van der Waals surface area contributed by atoms with E-state index in [0.717, 1.165) is 28.6 Å². The lowest BCUT2D eigenvalue weighted by atomic mass is 10.1. The molecule has 1 fully saturated rings. The van der Waals surface area contributed by atoms with Crippen molar-refractivity contribution in [2.45, 2.75) is 32.0 Å². The number of ether oxygens (including phenoxy) is 1. The third-order valence-corrected chi connectivity index (χ3v) is 2.73. The summed E-state index contributed by atoms with van der Waals surface area (Å²) in [6.07, 6.45) is 2.15. The van der Waals surface area contributed by atoms with Crippen LogP contribution in [-0.4, -0.2) is 11.2 Å². The highest BCUT2D eigenvalue weighted by atomic mass is 79.9. The molecular formula is C11H13BrO2. The maximum atomic E-state index is 9.56. The molecular weight excluding hydrogens is 244 g/mol. The highest BCUT2D eigenvalue weighted by Gasteiger charge is 2.25. The molecule has 0 spiro atoms. The van der Waals surface area contributed by atoms with Gasteiger partial charge in [0.05, 0.1) is 12.2 Å². The van der Waals surface area contributed by atoms with Crippen molar-refractivity contribution in [3.63, 3.8) is 0 Å². The number of hydrogen-bond donors (Lipinski definition) is 1. The van der Waals surface area contributed by atoms with Crippen molar-refractivity contribution in [3.05, 3.63) is 28.2 Å². The largest absolute Gasteiger partial charge is 0.490 e. The Kier molecular flexibility index (Phi) is 2.79. The molecule has 0 aliphatic heterocycles. The Bertz CT molecular complexity index is 332. The van der Waals surface area contributed by atoms with Crippen molar-refractivity contribution in [2.75, 3.05) is 0 Å². The van der Waals surface area contributed by atoms with Gasteiger partial charge in [0.15, 0.2) is 0 Å². The van der Waals surface area contributed by atoms with Crippen LogP contribution in [0.25, 0.3) is 0 Å². The summed E-state index contributed by atoms with van der Waals surface area (Å²) in [7, 11) is 0. The number of aliphatic hydroxyl groups is 1. The van der Waals surface area contributed by atoms with E-state index in [2.05, 4.69) is 15.9 Å². The van der Waals surface area contributed by atoms with Crippen molar-refractivity contribution in [1.82, 2.24) is 0 Å². The number of benzene rings is 1. The zero-order chi connectivity index (χ0) is 10.1. The molecule has 1 saturated carbocycles. The fourth-order valence-corrected chi connectivity index (χ4v) is 1.70. The Balaban J connectivity index is 2.26. The predicted octanol–water partition coefficient (Wildman–Crippen LogP) is 3.04. The fraction of sp³-hybridized carbons (Fsp3) is 0.455. The van der Waals surface area contributed by atoms with Gasteiger partial charge in [-0.1, -0.05) is 15.9 Å². The molecule has 2 rings (SSSR count). The molecule has 3 heteroatoms. The second-order valence-corrected chi connectivity index (χ2v) is 4.59. The first-order valence-corrected chi connectivity index (χ1v) is 5.60. The van der Waals surface area contributed by atoms with Crippen molar-refractivity contribution >= 4 is 15.9 Å². The molecule has 0 saturated heterocycles. The van der Waals surface area contributed by atoms with Gasteiger partial charge in [-0.25, -0.2) is 0 Å². The minimum absolute atomic E-state index is 0.369. The molecule has 1 aliphatic rings. The third-order valence-electron chi connectivity index (χ3n) is 2.24. The van der Waals surface area contributed by atoms with E-state index in [1.54, 1.807) is 6.92 Å². The number of rotatable bonds is 3. The summed E-state index contributed by atoms with van der Waals surface area (Å²) in [5, 5.41) is 9.56. The number of aliphatic hydroxyl groups excluding tert-OH is 1. The predicted molar refractivity (Wildman–Crippen MR) is 58.4 cm³/mol. The van der Waals surface area contributed by atoms with Crippen LogP contribution in [0, 0.1) is 0 Å². The lowest BCUT2D eigenvalue weighted by Gasteiger charge is -2.13. The molecule has 0 radical (unpaired) electrons. The van der Waals surface area contributed by atoms with Crippen LogP contribution in [-0.2, 0) is 0 Å². The SMILES string of the molecule is CC(O)c1cc(Br)ccc1OC1CC1. The molecule has 1 N–H and O–H groups in total. The first-order valence-electron chi connectivity index (χ1n) is 4.81. The molecule has 2 nitrogen and oxygen atoms in total. The van der Waals surface area contributed by atoms with Crippen LogP contribution in [0.3, 0.4) is 0 Å². The summed E-state index contributed by atoms with van der Waals surface area (Å²) in [6.45, 7) is 1.75. The van der Waals surface area contributed by atoms with E-state index >= 15 is 0 Å². The molecule has 14 heavy (non-hydrogen) atoms. The minimum Gasteiger partial charge on any atom is -0.490 e. The van der Waals surface area contributed by atoms with Gasteiger partial charge in [-0.2, -0.15) is 0 Å².